The van der Waals surface area contributed by atoms with Gasteiger partial charge >= 0.3 is 0 Å². The summed E-state index contributed by atoms with van der Waals surface area (Å²) < 4.78 is 5.37. The van der Waals surface area contributed by atoms with Gasteiger partial charge in [-0.25, -0.2) is 0 Å². The van der Waals surface area contributed by atoms with Gasteiger partial charge in [-0.2, -0.15) is 0 Å². The standard InChI is InChI=1S/C8H16O2/c1-5(9)7-8(3,4)6(2)10-7/h5-7,9H,1-4H3/t5?,6-,7+/m0/s1. The Hall–Kier alpha value is -0.0800. The van der Waals surface area contributed by atoms with Crippen molar-refractivity contribution in [1.82, 2.24) is 0 Å². The molecule has 3 atom stereocenters. The summed E-state index contributed by atoms with van der Waals surface area (Å²) in [5.41, 5.74) is 0.147. The fraction of sp³-hybridized carbons (Fsp3) is 1.00. The molecule has 0 radical (unpaired) electrons. The van der Waals surface area contributed by atoms with Crippen molar-refractivity contribution in [3.8, 4) is 0 Å². The molecule has 1 aliphatic heterocycles. The zero-order valence-corrected chi connectivity index (χ0v) is 7.09. The van der Waals surface area contributed by atoms with Gasteiger partial charge in [0.25, 0.3) is 0 Å². The van der Waals surface area contributed by atoms with E-state index in [0.717, 1.165) is 0 Å². The Labute approximate surface area is 62.2 Å². The Bertz CT molecular complexity index is 129. The Morgan fingerprint density at radius 1 is 1.50 bits per heavy atom. The molecule has 0 saturated carbocycles. The highest BCUT2D eigenvalue weighted by atomic mass is 16.5. The second-order valence-corrected chi connectivity index (χ2v) is 3.76. The molecular weight excluding hydrogens is 128 g/mol. The highest BCUT2D eigenvalue weighted by molar-refractivity contribution is 4.96. The van der Waals surface area contributed by atoms with Crippen LogP contribution < -0.4 is 0 Å². The van der Waals surface area contributed by atoms with Gasteiger partial charge in [-0.3, -0.25) is 0 Å². The summed E-state index contributed by atoms with van der Waals surface area (Å²) >= 11 is 0. The van der Waals surface area contributed by atoms with Crippen molar-refractivity contribution in [2.24, 2.45) is 5.41 Å². The average molecular weight is 144 g/mol. The maximum absolute atomic E-state index is 9.20. The minimum atomic E-state index is -0.341. The Balaban J connectivity index is 2.55. The van der Waals surface area contributed by atoms with E-state index in [1.54, 1.807) is 6.92 Å². The molecule has 2 heteroatoms. The molecule has 10 heavy (non-hydrogen) atoms. The molecule has 0 aromatic heterocycles. The minimum Gasteiger partial charge on any atom is -0.391 e. The van der Waals surface area contributed by atoms with Crippen LogP contribution >= 0.6 is 0 Å². The van der Waals surface area contributed by atoms with Crippen LogP contribution in [0.4, 0.5) is 0 Å². The molecule has 1 unspecified atom stereocenters. The van der Waals surface area contributed by atoms with Crippen LogP contribution in [0.25, 0.3) is 0 Å². The summed E-state index contributed by atoms with van der Waals surface area (Å²) in [6, 6.07) is 0. The predicted molar refractivity (Wildman–Crippen MR) is 39.8 cm³/mol. The molecule has 1 N–H and O–H groups in total. The lowest BCUT2D eigenvalue weighted by Crippen LogP contribution is -2.59. The number of rotatable bonds is 1. The first-order valence-corrected chi connectivity index (χ1v) is 3.79. The van der Waals surface area contributed by atoms with E-state index < -0.39 is 0 Å². The monoisotopic (exact) mass is 144 g/mol. The summed E-state index contributed by atoms with van der Waals surface area (Å²) in [7, 11) is 0. The number of aliphatic hydroxyl groups is 1. The fourth-order valence-corrected chi connectivity index (χ4v) is 1.47. The van der Waals surface area contributed by atoms with E-state index in [4.69, 9.17) is 4.74 Å². The van der Waals surface area contributed by atoms with Gasteiger partial charge in [0, 0.05) is 5.41 Å². The van der Waals surface area contributed by atoms with Gasteiger partial charge in [-0.1, -0.05) is 13.8 Å². The van der Waals surface area contributed by atoms with Crippen molar-refractivity contribution < 1.29 is 9.84 Å². The van der Waals surface area contributed by atoms with Crippen LogP contribution in [-0.4, -0.2) is 23.4 Å². The normalized spacial score (nSPS) is 40.5. The first-order chi connectivity index (χ1) is 4.46. The summed E-state index contributed by atoms with van der Waals surface area (Å²) in [4.78, 5) is 0. The Kier molecular flexibility index (Phi) is 1.77. The topological polar surface area (TPSA) is 29.5 Å². The van der Waals surface area contributed by atoms with E-state index in [1.165, 1.54) is 0 Å². The van der Waals surface area contributed by atoms with E-state index >= 15 is 0 Å². The van der Waals surface area contributed by atoms with Crippen molar-refractivity contribution in [2.75, 3.05) is 0 Å². The molecule has 1 saturated heterocycles. The van der Waals surface area contributed by atoms with Crippen LogP contribution in [0.1, 0.15) is 27.7 Å². The van der Waals surface area contributed by atoms with Gasteiger partial charge in [-0.05, 0) is 13.8 Å². The highest BCUT2D eigenvalue weighted by Gasteiger charge is 2.49. The molecule has 1 rings (SSSR count). The van der Waals surface area contributed by atoms with Gasteiger partial charge in [0.2, 0.25) is 0 Å². The molecule has 1 fully saturated rings. The number of aliphatic hydroxyl groups excluding tert-OH is 1. The molecule has 0 bridgehead atoms. The molecule has 0 aromatic rings. The largest absolute Gasteiger partial charge is 0.391 e. The molecule has 1 aliphatic rings. The predicted octanol–water partition coefficient (Wildman–Crippen LogP) is 1.18. The Morgan fingerprint density at radius 2 is 2.00 bits per heavy atom. The van der Waals surface area contributed by atoms with Crippen LogP contribution in [0.3, 0.4) is 0 Å². The zero-order chi connectivity index (χ0) is 7.94. The number of ether oxygens (including phenoxy) is 1. The lowest BCUT2D eigenvalue weighted by molar-refractivity contribution is -0.256. The van der Waals surface area contributed by atoms with Crippen molar-refractivity contribution in [2.45, 2.75) is 46.0 Å². The number of hydrogen-bond donors (Lipinski definition) is 1. The molecule has 0 aliphatic carbocycles. The van der Waals surface area contributed by atoms with Gasteiger partial charge in [-0.15, -0.1) is 0 Å². The molecule has 1 heterocycles. The van der Waals surface area contributed by atoms with E-state index in [1.807, 2.05) is 6.92 Å². The molecule has 60 valence electrons. The Morgan fingerprint density at radius 3 is 2.10 bits per heavy atom. The third-order valence-electron chi connectivity index (χ3n) is 2.57. The third-order valence-corrected chi connectivity index (χ3v) is 2.57. The second-order valence-electron chi connectivity index (χ2n) is 3.76. The molecule has 0 aromatic carbocycles. The summed E-state index contributed by atoms with van der Waals surface area (Å²) in [6.45, 7) is 8.06. The highest BCUT2D eigenvalue weighted by Crippen LogP contribution is 2.41. The lowest BCUT2D eigenvalue weighted by atomic mass is 9.74. The quantitative estimate of drug-likeness (QED) is 0.599. The maximum atomic E-state index is 9.20. The van der Waals surface area contributed by atoms with Gasteiger partial charge in [0.1, 0.15) is 0 Å². The van der Waals surface area contributed by atoms with Crippen molar-refractivity contribution in [3.05, 3.63) is 0 Å². The summed E-state index contributed by atoms with van der Waals surface area (Å²) in [6.07, 6.45) is -0.0270. The van der Waals surface area contributed by atoms with Crippen LogP contribution in [-0.2, 0) is 4.74 Å². The van der Waals surface area contributed by atoms with Crippen LogP contribution in [0.2, 0.25) is 0 Å². The van der Waals surface area contributed by atoms with E-state index in [2.05, 4.69) is 13.8 Å². The van der Waals surface area contributed by atoms with Gasteiger partial charge in [0.15, 0.2) is 0 Å². The molecule has 2 nitrogen and oxygen atoms in total. The average Bonchev–Trinajstić information content (AvgIpc) is 1.82. The smallest absolute Gasteiger partial charge is 0.0910 e. The van der Waals surface area contributed by atoms with Crippen LogP contribution in [0.15, 0.2) is 0 Å². The summed E-state index contributed by atoms with van der Waals surface area (Å²) in [5.74, 6) is 0. The van der Waals surface area contributed by atoms with Crippen LogP contribution in [0, 0.1) is 5.41 Å². The second kappa shape index (κ2) is 2.21. The fourth-order valence-electron chi connectivity index (χ4n) is 1.47. The number of hydrogen-bond acceptors (Lipinski definition) is 2. The van der Waals surface area contributed by atoms with E-state index in [9.17, 15) is 5.11 Å². The van der Waals surface area contributed by atoms with Crippen molar-refractivity contribution in [1.29, 1.82) is 0 Å². The zero-order valence-electron chi connectivity index (χ0n) is 7.09. The molecule has 0 amide bonds. The SMILES string of the molecule is CC(O)[C@H]1O[C@@H](C)C1(C)C. The van der Waals surface area contributed by atoms with Gasteiger partial charge in [0.05, 0.1) is 18.3 Å². The van der Waals surface area contributed by atoms with Gasteiger partial charge < -0.3 is 9.84 Å². The molecule has 0 spiro atoms. The molecular formula is C8H16O2. The maximum Gasteiger partial charge on any atom is 0.0910 e. The third kappa shape index (κ3) is 0.956. The first kappa shape index (κ1) is 8.02. The van der Waals surface area contributed by atoms with E-state index in [-0.39, 0.29) is 23.7 Å². The summed E-state index contributed by atoms with van der Waals surface area (Å²) in [5, 5.41) is 9.20. The van der Waals surface area contributed by atoms with E-state index in [0.29, 0.717) is 0 Å². The van der Waals surface area contributed by atoms with Crippen molar-refractivity contribution >= 4 is 0 Å². The minimum absolute atomic E-state index is 0.0301. The van der Waals surface area contributed by atoms with Crippen LogP contribution in [0.5, 0.6) is 0 Å². The van der Waals surface area contributed by atoms with Crippen molar-refractivity contribution in [3.63, 3.8) is 0 Å². The first-order valence-electron chi connectivity index (χ1n) is 3.79. The lowest BCUT2D eigenvalue weighted by Gasteiger charge is -2.51.